The molecule has 4 rings (SSSR count). The molecule has 28 heavy (non-hydrogen) atoms. The number of nitrogens with zero attached hydrogens (tertiary/aromatic N) is 2. The Morgan fingerprint density at radius 2 is 2.11 bits per heavy atom. The Kier molecular flexibility index (Phi) is 5.01. The lowest BCUT2D eigenvalue weighted by Crippen LogP contribution is -2.30. The van der Waals surface area contributed by atoms with Gasteiger partial charge in [-0.2, -0.15) is 5.10 Å². The van der Waals surface area contributed by atoms with Crippen LogP contribution in [0.2, 0.25) is 0 Å². The molecule has 1 saturated carbocycles. The molecule has 2 heterocycles. The van der Waals surface area contributed by atoms with Crippen LogP contribution in [0.15, 0.2) is 30.3 Å². The summed E-state index contributed by atoms with van der Waals surface area (Å²) in [4.78, 5) is 12.4. The fourth-order valence-corrected chi connectivity index (χ4v) is 5.15. The number of aromatic nitrogens is 2. The van der Waals surface area contributed by atoms with Crippen LogP contribution < -0.4 is 15.4 Å². The third-order valence-corrected chi connectivity index (χ3v) is 6.88. The lowest BCUT2D eigenvalue weighted by atomic mass is 10.2. The number of carbonyl (C=O) groups excluding carboxylic acids is 1. The van der Waals surface area contributed by atoms with Crippen molar-refractivity contribution in [3.63, 3.8) is 0 Å². The normalized spacial score (nSPS) is 20.7. The van der Waals surface area contributed by atoms with Gasteiger partial charge in [0.1, 0.15) is 11.6 Å². The lowest BCUT2D eigenvalue weighted by molar-refractivity contribution is 0.251. The highest BCUT2D eigenvalue weighted by atomic mass is 32.2. The second-order valence-corrected chi connectivity index (χ2v) is 9.62. The van der Waals surface area contributed by atoms with Crippen molar-refractivity contribution >= 4 is 21.7 Å². The van der Waals surface area contributed by atoms with Crippen molar-refractivity contribution in [2.24, 2.45) is 0 Å². The second kappa shape index (κ2) is 7.46. The number of methoxy groups -OCH3 is 1. The molecule has 2 aliphatic rings. The number of sulfone groups is 1. The van der Waals surface area contributed by atoms with Gasteiger partial charge < -0.3 is 10.1 Å². The minimum Gasteiger partial charge on any atom is -0.497 e. The van der Waals surface area contributed by atoms with Gasteiger partial charge in [0.05, 0.1) is 30.4 Å². The fourth-order valence-electron chi connectivity index (χ4n) is 3.46. The summed E-state index contributed by atoms with van der Waals surface area (Å²) in [6.45, 7) is 0.352. The van der Waals surface area contributed by atoms with Crippen molar-refractivity contribution in [3.8, 4) is 5.75 Å². The van der Waals surface area contributed by atoms with Crippen LogP contribution in [0.1, 0.15) is 42.5 Å². The van der Waals surface area contributed by atoms with Crippen LogP contribution >= 0.6 is 0 Å². The van der Waals surface area contributed by atoms with E-state index in [-0.39, 0.29) is 23.6 Å². The van der Waals surface area contributed by atoms with E-state index in [0.717, 1.165) is 29.8 Å². The lowest BCUT2D eigenvalue weighted by Gasteiger charge is -2.14. The Morgan fingerprint density at radius 1 is 1.29 bits per heavy atom. The van der Waals surface area contributed by atoms with E-state index in [1.807, 2.05) is 30.3 Å². The van der Waals surface area contributed by atoms with E-state index in [0.29, 0.717) is 24.7 Å². The minimum atomic E-state index is -3.04. The van der Waals surface area contributed by atoms with Gasteiger partial charge in [-0.1, -0.05) is 12.1 Å². The molecular formula is C19H24N4O4S. The molecule has 150 valence electrons. The average Bonchev–Trinajstić information content (AvgIpc) is 3.35. The zero-order chi connectivity index (χ0) is 19.7. The first-order valence-electron chi connectivity index (χ1n) is 9.41. The summed E-state index contributed by atoms with van der Waals surface area (Å²) in [5, 5.41) is 10.3. The van der Waals surface area contributed by atoms with Crippen LogP contribution in [-0.4, -0.2) is 42.8 Å². The van der Waals surface area contributed by atoms with Gasteiger partial charge in [0, 0.05) is 18.5 Å². The molecule has 1 aromatic heterocycles. The van der Waals surface area contributed by atoms with E-state index in [1.54, 1.807) is 11.8 Å². The summed E-state index contributed by atoms with van der Waals surface area (Å²) in [5.41, 5.74) is 1.84. The fraction of sp³-hybridized carbons (Fsp3) is 0.474. The van der Waals surface area contributed by atoms with Crippen LogP contribution in [0, 0.1) is 0 Å². The van der Waals surface area contributed by atoms with Crippen LogP contribution in [0.4, 0.5) is 10.6 Å². The zero-order valence-electron chi connectivity index (χ0n) is 15.7. The van der Waals surface area contributed by atoms with E-state index in [1.165, 1.54) is 0 Å². The van der Waals surface area contributed by atoms with E-state index in [2.05, 4.69) is 15.7 Å². The van der Waals surface area contributed by atoms with Gasteiger partial charge in [-0.15, -0.1) is 0 Å². The highest BCUT2D eigenvalue weighted by Crippen LogP contribution is 2.41. The molecule has 0 spiro atoms. The first-order valence-corrected chi connectivity index (χ1v) is 11.2. The van der Waals surface area contributed by atoms with E-state index < -0.39 is 9.84 Å². The van der Waals surface area contributed by atoms with Gasteiger partial charge in [0.2, 0.25) is 0 Å². The molecule has 1 atom stereocenters. The Bertz CT molecular complexity index is 982. The number of benzene rings is 1. The molecule has 8 nitrogen and oxygen atoms in total. The van der Waals surface area contributed by atoms with Crippen LogP contribution in [-0.2, 0) is 16.4 Å². The highest BCUT2D eigenvalue weighted by molar-refractivity contribution is 7.91. The number of ether oxygens (including phenoxy) is 1. The van der Waals surface area contributed by atoms with E-state index in [4.69, 9.17) is 4.74 Å². The second-order valence-electron chi connectivity index (χ2n) is 7.39. The Hall–Kier alpha value is -2.55. The van der Waals surface area contributed by atoms with Crippen LogP contribution in [0.5, 0.6) is 5.75 Å². The number of hydrogen-bond acceptors (Lipinski definition) is 5. The predicted octanol–water partition coefficient (Wildman–Crippen LogP) is 2.45. The maximum absolute atomic E-state index is 12.4. The van der Waals surface area contributed by atoms with Crippen molar-refractivity contribution < 1.29 is 17.9 Å². The Labute approximate surface area is 164 Å². The molecule has 2 aromatic rings. The third kappa shape index (κ3) is 4.30. The zero-order valence-corrected chi connectivity index (χ0v) is 16.5. The molecule has 0 unspecified atom stereocenters. The first kappa shape index (κ1) is 18.8. The van der Waals surface area contributed by atoms with Gasteiger partial charge in [-0.05, 0) is 37.0 Å². The van der Waals surface area contributed by atoms with Gasteiger partial charge in [-0.3, -0.25) is 5.32 Å². The molecular weight excluding hydrogens is 380 g/mol. The first-order chi connectivity index (χ1) is 13.4. The van der Waals surface area contributed by atoms with Crippen molar-refractivity contribution in [2.75, 3.05) is 23.9 Å². The van der Waals surface area contributed by atoms with Crippen LogP contribution in [0.25, 0.3) is 0 Å². The SMILES string of the molecule is COc1cccc(CNC(=O)Nc2cc(C3CC3)nn2[C@H]2CCS(=O)(=O)C2)c1. The van der Waals surface area contributed by atoms with E-state index in [9.17, 15) is 13.2 Å². The summed E-state index contributed by atoms with van der Waals surface area (Å²) >= 11 is 0. The number of nitrogens with one attached hydrogen (secondary N) is 2. The number of amides is 2. The molecule has 2 fully saturated rings. The standard InChI is InChI=1S/C19H24N4O4S/c1-27-16-4-2-3-13(9-16)11-20-19(24)21-18-10-17(14-5-6-14)22-23(18)15-7-8-28(25,26)12-15/h2-4,9-10,14-15H,5-8,11-12H2,1H3,(H2,20,21,24)/t15-/m0/s1. The molecule has 1 aromatic carbocycles. The highest BCUT2D eigenvalue weighted by Gasteiger charge is 2.34. The molecule has 0 bridgehead atoms. The number of anilines is 1. The molecule has 1 aliphatic carbocycles. The van der Waals surface area contributed by atoms with Crippen molar-refractivity contribution in [1.29, 1.82) is 0 Å². The Balaban J connectivity index is 1.45. The number of urea groups is 1. The number of carbonyl (C=O) groups is 1. The van der Waals surface area contributed by atoms with Crippen molar-refractivity contribution in [2.45, 2.75) is 37.8 Å². The largest absolute Gasteiger partial charge is 0.497 e. The minimum absolute atomic E-state index is 0.0683. The maximum Gasteiger partial charge on any atom is 0.320 e. The molecule has 2 amide bonds. The van der Waals surface area contributed by atoms with E-state index >= 15 is 0 Å². The smallest absolute Gasteiger partial charge is 0.320 e. The summed E-state index contributed by atoms with van der Waals surface area (Å²) in [6, 6.07) is 8.76. The van der Waals surface area contributed by atoms with Crippen molar-refractivity contribution in [1.82, 2.24) is 15.1 Å². The van der Waals surface area contributed by atoms with Crippen molar-refractivity contribution in [3.05, 3.63) is 41.6 Å². The van der Waals surface area contributed by atoms with Gasteiger partial charge in [-0.25, -0.2) is 17.9 Å². The average molecular weight is 404 g/mol. The van der Waals surface area contributed by atoms with Gasteiger partial charge in [0.25, 0.3) is 0 Å². The summed E-state index contributed by atoms with van der Waals surface area (Å²) in [5.74, 6) is 1.93. The molecule has 9 heteroatoms. The van der Waals surface area contributed by atoms with Gasteiger partial charge >= 0.3 is 6.03 Å². The summed E-state index contributed by atoms with van der Waals surface area (Å²) < 4.78 is 30.6. The Morgan fingerprint density at radius 3 is 2.79 bits per heavy atom. The number of hydrogen-bond donors (Lipinski definition) is 2. The topological polar surface area (TPSA) is 102 Å². The quantitative estimate of drug-likeness (QED) is 0.770. The monoisotopic (exact) mass is 404 g/mol. The van der Waals surface area contributed by atoms with Crippen LogP contribution in [0.3, 0.4) is 0 Å². The molecule has 2 N–H and O–H groups in total. The molecule has 0 radical (unpaired) electrons. The summed E-state index contributed by atoms with van der Waals surface area (Å²) in [7, 11) is -1.44. The van der Waals surface area contributed by atoms with Gasteiger partial charge in [0.15, 0.2) is 9.84 Å². The summed E-state index contributed by atoms with van der Waals surface area (Å²) in [6.07, 6.45) is 2.69. The molecule has 1 aliphatic heterocycles. The predicted molar refractivity (Wildman–Crippen MR) is 105 cm³/mol. The molecule has 1 saturated heterocycles. The number of rotatable bonds is 6. The third-order valence-electron chi connectivity index (χ3n) is 5.13. The maximum atomic E-state index is 12.4.